The highest BCUT2D eigenvalue weighted by Gasteiger charge is 2.16. The van der Waals surface area contributed by atoms with Crippen LogP contribution in [0.5, 0.6) is 0 Å². The first-order chi connectivity index (χ1) is 7.75. The second kappa shape index (κ2) is 6.18. The molecule has 1 saturated carbocycles. The lowest BCUT2D eigenvalue weighted by Gasteiger charge is -2.14. The van der Waals surface area contributed by atoms with Gasteiger partial charge in [0.1, 0.15) is 0 Å². The van der Waals surface area contributed by atoms with E-state index in [1.165, 1.54) is 47.9 Å². The Labute approximate surface area is 111 Å². The monoisotopic (exact) mass is 301 g/mol. The van der Waals surface area contributed by atoms with Crippen LogP contribution >= 0.6 is 27.3 Å². The van der Waals surface area contributed by atoms with Gasteiger partial charge in [0.25, 0.3) is 0 Å². The van der Waals surface area contributed by atoms with Crippen LogP contribution in [0.1, 0.15) is 43.4 Å². The van der Waals surface area contributed by atoms with E-state index in [1.807, 2.05) is 11.3 Å². The molecule has 1 atom stereocenters. The van der Waals surface area contributed by atoms with Crippen molar-refractivity contribution >= 4 is 27.3 Å². The van der Waals surface area contributed by atoms with Crippen LogP contribution in [0.4, 0.5) is 0 Å². The Hall–Kier alpha value is 0.140. The summed E-state index contributed by atoms with van der Waals surface area (Å²) < 4.78 is 1.23. The standard InChI is InChI=1S/C13H20BrNS/c14-12-7-8-16-13(12)9-11(15)6-5-10-3-1-2-4-10/h7-8,10-11H,1-6,9,15H2. The van der Waals surface area contributed by atoms with Gasteiger partial charge in [-0.15, -0.1) is 11.3 Å². The van der Waals surface area contributed by atoms with E-state index in [0.717, 1.165) is 12.3 Å². The SMILES string of the molecule is NC(CCC1CCCC1)Cc1sccc1Br. The normalized spacial score (nSPS) is 19.1. The van der Waals surface area contributed by atoms with Crippen molar-refractivity contribution in [3.05, 3.63) is 20.8 Å². The molecule has 1 fully saturated rings. The Balaban J connectivity index is 1.71. The number of nitrogens with two attached hydrogens (primary N) is 1. The minimum atomic E-state index is 0.343. The molecule has 1 aromatic rings. The Kier molecular flexibility index (Phi) is 4.86. The lowest BCUT2D eigenvalue weighted by molar-refractivity contribution is 0.448. The summed E-state index contributed by atoms with van der Waals surface area (Å²) in [4.78, 5) is 1.40. The molecule has 1 aliphatic rings. The molecule has 1 unspecified atom stereocenters. The van der Waals surface area contributed by atoms with Crippen molar-refractivity contribution in [2.24, 2.45) is 11.7 Å². The van der Waals surface area contributed by atoms with E-state index in [2.05, 4.69) is 27.4 Å². The molecule has 0 bridgehead atoms. The summed E-state index contributed by atoms with van der Waals surface area (Å²) in [5.74, 6) is 0.970. The van der Waals surface area contributed by atoms with Crippen LogP contribution < -0.4 is 5.73 Å². The van der Waals surface area contributed by atoms with E-state index in [1.54, 1.807) is 0 Å². The average molecular weight is 302 g/mol. The zero-order chi connectivity index (χ0) is 11.4. The van der Waals surface area contributed by atoms with Gasteiger partial charge in [0, 0.05) is 15.4 Å². The van der Waals surface area contributed by atoms with Gasteiger partial charge >= 0.3 is 0 Å². The topological polar surface area (TPSA) is 26.0 Å². The molecular formula is C13H20BrNS. The Bertz CT molecular complexity index is 317. The Morgan fingerprint density at radius 3 is 2.81 bits per heavy atom. The fraction of sp³-hybridized carbons (Fsp3) is 0.692. The third kappa shape index (κ3) is 3.57. The summed E-state index contributed by atoms with van der Waals surface area (Å²) in [6.45, 7) is 0. The molecule has 2 N–H and O–H groups in total. The van der Waals surface area contributed by atoms with E-state index < -0.39 is 0 Å². The largest absolute Gasteiger partial charge is 0.327 e. The fourth-order valence-electron chi connectivity index (χ4n) is 2.56. The van der Waals surface area contributed by atoms with Crippen LogP contribution in [0.15, 0.2) is 15.9 Å². The van der Waals surface area contributed by atoms with E-state index in [4.69, 9.17) is 5.73 Å². The van der Waals surface area contributed by atoms with E-state index in [9.17, 15) is 0 Å². The molecule has 1 aromatic heterocycles. The van der Waals surface area contributed by atoms with E-state index in [0.29, 0.717) is 6.04 Å². The summed E-state index contributed by atoms with van der Waals surface area (Å²) in [7, 11) is 0. The van der Waals surface area contributed by atoms with Crippen LogP contribution in [0.2, 0.25) is 0 Å². The zero-order valence-electron chi connectivity index (χ0n) is 9.62. The van der Waals surface area contributed by atoms with E-state index >= 15 is 0 Å². The van der Waals surface area contributed by atoms with Crippen LogP contribution in [-0.4, -0.2) is 6.04 Å². The van der Waals surface area contributed by atoms with Gasteiger partial charge in [-0.2, -0.15) is 0 Å². The molecular weight excluding hydrogens is 282 g/mol. The van der Waals surface area contributed by atoms with Gasteiger partial charge in [0.05, 0.1) is 0 Å². The first kappa shape index (κ1) is 12.6. The molecule has 0 amide bonds. The van der Waals surface area contributed by atoms with Crippen LogP contribution in [0.3, 0.4) is 0 Å². The van der Waals surface area contributed by atoms with Crippen molar-refractivity contribution in [2.75, 3.05) is 0 Å². The number of hydrogen-bond donors (Lipinski definition) is 1. The second-order valence-corrected chi connectivity index (χ2v) is 6.74. The predicted octanol–water partition coefficient (Wildman–Crippen LogP) is 4.35. The van der Waals surface area contributed by atoms with Crippen molar-refractivity contribution in [3.63, 3.8) is 0 Å². The summed E-state index contributed by atoms with van der Waals surface area (Å²) in [5.41, 5.74) is 6.20. The number of hydrogen-bond acceptors (Lipinski definition) is 2. The van der Waals surface area contributed by atoms with Gasteiger partial charge in [0.2, 0.25) is 0 Å². The molecule has 3 heteroatoms. The average Bonchev–Trinajstić information content (AvgIpc) is 2.88. The first-order valence-corrected chi connectivity index (χ1v) is 7.90. The smallest absolute Gasteiger partial charge is 0.0314 e. The highest BCUT2D eigenvalue weighted by Crippen LogP contribution is 2.30. The number of halogens is 1. The van der Waals surface area contributed by atoms with Crippen molar-refractivity contribution in [2.45, 2.75) is 51.0 Å². The van der Waals surface area contributed by atoms with Crippen LogP contribution in [0, 0.1) is 5.92 Å². The summed E-state index contributed by atoms with van der Waals surface area (Å²) in [6, 6.07) is 2.46. The molecule has 16 heavy (non-hydrogen) atoms. The van der Waals surface area contributed by atoms with Gasteiger partial charge in [0.15, 0.2) is 0 Å². The molecule has 1 aliphatic carbocycles. The second-order valence-electron chi connectivity index (χ2n) is 4.88. The maximum Gasteiger partial charge on any atom is 0.0314 e. The molecule has 0 spiro atoms. The molecule has 0 aliphatic heterocycles. The molecule has 0 radical (unpaired) electrons. The summed E-state index contributed by atoms with van der Waals surface area (Å²) >= 11 is 5.38. The number of thiophene rings is 1. The molecule has 0 aromatic carbocycles. The number of rotatable bonds is 5. The molecule has 0 saturated heterocycles. The molecule has 2 rings (SSSR count). The third-order valence-electron chi connectivity index (χ3n) is 3.56. The fourth-order valence-corrected chi connectivity index (χ4v) is 4.17. The molecule has 1 heterocycles. The van der Waals surface area contributed by atoms with E-state index in [-0.39, 0.29) is 0 Å². The van der Waals surface area contributed by atoms with Crippen molar-refractivity contribution in [1.29, 1.82) is 0 Å². The zero-order valence-corrected chi connectivity index (χ0v) is 12.0. The molecule has 90 valence electrons. The van der Waals surface area contributed by atoms with Gasteiger partial charge < -0.3 is 5.73 Å². The van der Waals surface area contributed by atoms with Gasteiger partial charge in [-0.1, -0.05) is 25.7 Å². The summed E-state index contributed by atoms with van der Waals surface area (Å²) in [6.07, 6.45) is 9.32. The van der Waals surface area contributed by atoms with Gasteiger partial charge in [-0.05, 0) is 52.6 Å². The van der Waals surface area contributed by atoms with Crippen LogP contribution in [-0.2, 0) is 6.42 Å². The lowest BCUT2D eigenvalue weighted by atomic mass is 9.97. The predicted molar refractivity (Wildman–Crippen MR) is 74.9 cm³/mol. The lowest BCUT2D eigenvalue weighted by Crippen LogP contribution is -2.23. The van der Waals surface area contributed by atoms with Crippen molar-refractivity contribution in [3.8, 4) is 0 Å². The summed E-state index contributed by atoms with van der Waals surface area (Å²) in [5, 5.41) is 2.13. The maximum atomic E-state index is 6.20. The van der Waals surface area contributed by atoms with Gasteiger partial charge in [-0.3, -0.25) is 0 Å². The highest BCUT2D eigenvalue weighted by molar-refractivity contribution is 9.10. The van der Waals surface area contributed by atoms with Crippen LogP contribution in [0.25, 0.3) is 0 Å². The highest BCUT2D eigenvalue weighted by atomic mass is 79.9. The first-order valence-electron chi connectivity index (χ1n) is 6.23. The third-order valence-corrected chi connectivity index (χ3v) is 5.51. The quantitative estimate of drug-likeness (QED) is 0.859. The van der Waals surface area contributed by atoms with Gasteiger partial charge in [-0.25, -0.2) is 0 Å². The minimum Gasteiger partial charge on any atom is -0.327 e. The van der Waals surface area contributed by atoms with Crippen molar-refractivity contribution in [1.82, 2.24) is 0 Å². The Morgan fingerprint density at radius 2 is 2.19 bits per heavy atom. The molecule has 1 nitrogen and oxygen atoms in total. The minimum absolute atomic E-state index is 0.343. The Morgan fingerprint density at radius 1 is 1.44 bits per heavy atom. The van der Waals surface area contributed by atoms with Crippen molar-refractivity contribution < 1.29 is 0 Å². The maximum absolute atomic E-state index is 6.20.